The van der Waals surface area contributed by atoms with Gasteiger partial charge in [0.05, 0.1) is 6.04 Å². The Morgan fingerprint density at radius 1 is 1.35 bits per heavy atom. The Morgan fingerprint density at radius 3 is 2.70 bits per heavy atom. The van der Waals surface area contributed by atoms with Crippen molar-refractivity contribution in [3.05, 3.63) is 57.8 Å². The van der Waals surface area contributed by atoms with Gasteiger partial charge in [0.15, 0.2) is 0 Å². The summed E-state index contributed by atoms with van der Waals surface area (Å²) in [4.78, 5) is 12.1. The third-order valence-corrected chi connectivity index (χ3v) is 3.55. The molecule has 0 saturated heterocycles. The third kappa shape index (κ3) is 3.70. The third-order valence-electron chi connectivity index (χ3n) is 2.85. The molecule has 3 nitrogen and oxygen atoms in total. The van der Waals surface area contributed by atoms with Crippen LogP contribution in [0.5, 0.6) is 0 Å². The molecule has 0 spiro atoms. The second kappa shape index (κ2) is 6.90. The zero-order valence-electron chi connectivity index (χ0n) is 11.1. The minimum Gasteiger partial charge on any atom is -0.384 e. The first-order valence-electron chi connectivity index (χ1n) is 6.23. The van der Waals surface area contributed by atoms with E-state index in [2.05, 4.69) is 17.2 Å². The van der Waals surface area contributed by atoms with E-state index in [0.29, 0.717) is 5.56 Å². The minimum atomic E-state index is -0.166. The summed E-state index contributed by atoms with van der Waals surface area (Å²) in [7, 11) is 0. The average Bonchev–Trinajstić information content (AvgIpc) is 3.00. The van der Waals surface area contributed by atoms with Crippen LogP contribution in [-0.4, -0.2) is 17.6 Å². The summed E-state index contributed by atoms with van der Waals surface area (Å²) in [5.74, 6) is 5.26. The van der Waals surface area contributed by atoms with E-state index >= 15 is 0 Å². The molecule has 0 aliphatic rings. The van der Waals surface area contributed by atoms with Crippen LogP contribution in [0.2, 0.25) is 0 Å². The first-order chi connectivity index (χ1) is 9.70. The topological polar surface area (TPSA) is 49.3 Å². The van der Waals surface area contributed by atoms with E-state index < -0.39 is 0 Å². The van der Waals surface area contributed by atoms with Crippen LogP contribution in [0.3, 0.4) is 0 Å². The normalized spacial score (nSPS) is 11.3. The first kappa shape index (κ1) is 14.3. The van der Waals surface area contributed by atoms with E-state index in [4.69, 9.17) is 5.11 Å². The minimum absolute atomic E-state index is 0.0115. The number of aliphatic hydroxyl groups is 1. The summed E-state index contributed by atoms with van der Waals surface area (Å²) >= 11 is 1.61. The molecule has 1 unspecified atom stereocenters. The maximum absolute atomic E-state index is 12.1. The van der Waals surface area contributed by atoms with Crippen LogP contribution < -0.4 is 5.32 Å². The molecule has 0 aliphatic heterocycles. The van der Waals surface area contributed by atoms with Gasteiger partial charge in [-0.3, -0.25) is 4.79 Å². The van der Waals surface area contributed by atoms with Gasteiger partial charge in [-0.2, -0.15) is 11.3 Å². The Labute approximate surface area is 122 Å². The van der Waals surface area contributed by atoms with Gasteiger partial charge in [-0.1, -0.05) is 11.8 Å². The van der Waals surface area contributed by atoms with Gasteiger partial charge in [-0.15, -0.1) is 0 Å². The lowest BCUT2D eigenvalue weighted by atomic mass is 10.1. The molecule has 1 amide bonds. The molecule has 1 aromatic carbocycles. The smallest absolute Gasteiger partial charge is 0.251 e. The number of benzene rings is 1. The van der Waals surface area contributed by atoms with Gasteiger partial charge in [-0.05, 0) is 53.6 Å². The second-order valence-electron chi connectivity index (χ2n) is 4.29. The predicted octanol–water partition coefficient (Wildman–Crippen LogP) is 2.58. The van der Waals surface area contributed by atoms with Crippen LogP contribution in [0.4, 0.5) is 0 Å². The van der Waals surface area contributed by atoms with Gasteiger partial charge >= 0.3 is 0 Å². The van der Waals surface area contributed by atoms with Crippen LogP contribution >= 0.6 is 11.3 Å². The molecular formula is C16H15NO2S. The summed E-state index contributed by atoms with van der Waals surface area (Å²) in [5, 5.41) is 15.6. The fraction of sp³-hybridized carbons (Fsp3) is 0.188. The highest BCUT2D eigenvalue weighted by atomic mass is 32.1. The highest BCUT2D eigenvalue weighted by molar-refractivity contribution is 7.07. The van der Waals surface area contributed by atoms with Crippen LogP contribution in [-0.2, 0) is 0 Å². The molecule has 2 aromatic rings. The molecule has 0 fully saturated rings. The average molecular weight is 285 g/mol. The van der Waals surface area contributed by atoms with Crippen molar-refractivity contribution in [2.24, 2.45) is 0 Å². The molecule has 1 aromatic heterocycles. The largest absolute Gasteiger partial charge is 0.384 e. The van der Waals surface area contributed by atoms with Crippen molar-refractivity contribution in [2.75, 3.05) is 6.61 Å². The van der Waals surface area contributed by atoms with Gasteiger partial charge in [0.1, 0.15) is 6.61 Å². The summed E-state index contributed by atoms with van der Waals surface area (Å²) in [5.41, 5.74) is 2.48. The lowest BCUT2D eigenvalue weighted by molar-refractivity contribution is 0.0940. The molecule has 1 heterocycles. The van der Waals surface area contributed by atoms with Gasteiger partial charge in [0, 0.05) is 11.1 Å². The number of nitrogens with one attached hydrogen (secondary N) is 1. The molecule has 102 valence electrons. The van der Waals surface area contributed by atoms with Crippen LogP contribution in [0.1, 0.15) is 34.5 Å². The number of carbonyl (C=O) groups is 1. The van der Waals surface area contributed by atoms with Crippen LogP contribution in [0.25, 0.3) is 0 Å². The number of carbonyl (C=O) groups excluding carboxylic acids is 1. The quantitative estimate of drug-likeness (QED) is 0.852. The number of hydrogen-bond acceptors (Lipinski definition) is 3. The molecule has 2 rings (SSSR count). The molecule has 4 heteroatoms. The van der Waals surface area contributed by atoms with Crippen molar-refractivity contribution in [3.8, 4) is 11.8 Å². The molecule has 0 saturated carbocycles. The highest BCUT2D eigenvalue weighted by Gasteiger charge is 2.11. The molecule has 0 bridgehead atoms. The van der Waals surface area contributed by atoms with E-state index in [1.54, 1.807) is 35.6 Å². The van der Waals surface area contributed by atoms with E-state index in [0.717, 1.165) is 11.1 Å². The standard InChI is InChI=1S/C16H15NO2S/c1-12(15-8-10-20-11-15)17-16(19)14-6-4-13(5-7-14)3-2-9-18/h4-8,10-12,18H,9H2,1H3,(H,17,19). The van der Waals surface area contributed by atoms with Crippen LogP contribution in [0, 0.1) is 11.8 Å². The molecule has 0 radical (unpaired) electrons. The second-order valence-corrected chi connectivity index (χ2v) is 5.07. The van der Waals surface area contributed by atoms with Crippen molar-refractivity contribution >= 4 is 17.2 Å². The monoisotopic (exact) mass is 285 g/mol. The zero-order chi connectivity index (χ0) is 14.4. The van der Waals surface area contributed by atoms with E-state index in [1.165, 1.54) is 0 Å². The van der Waals surface area contributed by atoms with Crippen molar-refractivity contribution in [1.29, 1.82) is 0 Å². The molecule has 20 heavy (non-hydrogen) atoms. The summed E-state index contributed by atoms with van der Waals surface area (Å²) in [6.45, 7) is 1.79. The maximum Gasteiger partial charge on any atom is 0.251 e. The van der Waals surface area contributed by atoms with Gasteiger partial charge in [-0.25, -0.2) is 0 Å². The first-order valence-corrected chi connectivity index (χ1v) is 7.17. The number of rotatable bonds is 3. The summed E-state index contributed by atoms with van der Waals surface area (Å²) < 4.78 is 0. The van der Waals surface area contributed by atoms with Crippen molar-refractivity contribution in [3.63, 3.8) is 0 Å². The van der Waals surface area contributed by atoms with E-state index in [9.17, 15) is 4.79 Å². The van der Waals surface area contributed by atoms with Gasteiger partial charge in [0.2, 0.25) is 0 Å². The van der Waals surface area contributed by atoms with Gasteiger partial charge in [0.25, 0.3) is 5.91 Å². The molecule has 1 atom stereocenters. The van der Waals surface area contributed by atoms with Crippen molar-refractivity contribution < 1.29 is 9.90 Å². The van der Waals surface area contributed by atoms with E-state index in [-0.39, 0.29) is 18.6 Å². The molecule has 2 N–H and O–H groups in total. The summed E-state index contributed by atoms with van der Waals surface area (Å²) in [6.07, 6.45) is 0. The SMILES string of the molecule is CC(NC(=O)c1ccc(C#CCO)cc1)c1ccsc1. The lowest BCUT2D eigenvalue weighted by Gasteiger charge is -2.12. The highest BCUT2D eigenvalue weighted by Crippen LogP contribution is 2.16. The Hall–Kier alpha value is -2.09. The van der Waals surface area contributed by atoms with Crippen molar-refractivity contribution in [2.45, 2.75) is 13.0 Å². The van der Waals surface area contributed by atoms with Crippen LogP contribution in [0.15, 0.2) is 41.1 Å². The van der Waals surface area contributed by atoms with Gasteiger partial charge < -0.3 is 10.4 Å². The van der Waals surface area contributed by atoms with Crippen molar-refractivity contribution in [1.82, 2.24) is 5.32 Å². The predicted molar refractivity (Wildman–Crippen MR) is 80.6 cm³/mol. The number of aliphatic hydroxyl groups excluding tert-OH is 1. The number of amides is 1. The molecular weight excluding hydrogens is 270 g/mol. The zero-order valence-corrected chi connectivity index (χ0v) is 11.9. The number of hydrogen-bond donors (Lipinski definition) is 2. The molecule has 0 aliphatic carbocycles. The lowest BCUT2D eigenvalue weighted by Crippen LogP contribution is -2.26. The Morgan fingerprint density at radius 2 is 2.10 bits per heavy atom. The Kier molecular flexibility index (Phi) is 4.94. The maximum atomic E-state index is 12.1. The fourth-order valence-corrected chi connectivity index (χ4v) is 2.49. The van der Waals surface area contributed by atoms with E-state index in [1.807, 2.05) is 23.8 Å². The fourth-order valence-electron chi connectivity index (χ4n) is 1.73. The summed E-state index contributed by atoms with van der Waals surface area (Å²) in [6, 6.07) is 9.00. The number of thiophene rings is 1. The Bertz CT molecular complexity index is 621. The Balaban J connectivity index is 2.02.